The molecule has 0 radical (unpaired) electrons. The Morgan fingerprint density at radius 2 is 1.97 bits per heavy atom. The Balaban J connectivity index is 1.50. The molecule has 0 saturated carbocycles. The highest BCUT2D eigenvalue weighted by molar-refractivity contribution is 6.34. The first-order valence-electron chi connectivity index (χ1n) is 9.78. The molecule has 0 amide bonds. The lowest BCUT2D eigenvalue weighted by Crippen LogP contribution is -2.22. The Morgan fingerprint density at radius 1 is 1.21 bits per heavy atom. The van der Waals surface area contributed by atoms with Crippen molar-refractivity contribution in [2.45, 2.75) is 38.7 Å². The van der Waals surface area contributed by atoms with E-state index in [4.69, 9.17) is 32.8 Å². The number of nitrogens with zero attached hydrogens (tertiary/aromatic N) is 1. The van der Waals surface area contributed by atoms with Crippen molar-refractivity contribution in [3.8, 4) is 0 Å². The molecule has 0 spiro atoms. The number of oxime groups is 1. The molecule has 0 N–H and O–H groups in total. The van der Waals surface area contributed by atoms with E-state index in [2.05, 4.69) is 5.16 Å². The second-order valence-electron chi connectivity index (χ2n) is 8.08. The van der Waals surface area contributed by atoms with Gasteiger partial charge in [0.2, 0.25) is 0 Å². The summed E-state index contributed by atoms with van der Waals surface area (Å²) in [5.74, 6) is 0.506. The van der Waals surface area contributed by atoms with Crippen LogP contribution < -0.4 is 0 Å². The summed E-state index contributed by atoms with van der Waals surface area (Å²) in [7, 11) is 0. The Morgan fingerprint density at radius 3 is 2.62 bits per heavy atom. The lowest BCUT2D eigenvalue weighted by Gasteiger charge is -2.22. The third-order valence-corrected chi connectivity index (χ3v) is 6.13. The summed E-state index contributed by atoms with van der Waals surface area (Å²) in [6.45, 7) is 5.38. The van der Waals surface area contributed by atoms with Crippen LogP contribution in [0.4, 0.5) is 0 Å². The first-order chi connectivity index (χ1) is 13.8. The van der Waals surface area contributed by atoms with Crippen LogP contribution in [0.3, 0.4) is 0 Å². The summed E-state index contributed by atoms with van der Waals surface area (Å²) in [5, 5.41) is 5.46. The molecule has 1 fully saturated rings. The van der Waals surface area contributed by atoms with Gasteiger partial charge in [-0.15, -0.1) is 0 Å². The molecule has 152 valence electrons. The fourth-order valence-electron chi connectivity index (χ4n) is 3.98. The SMILES string of the molecule is Cc1cc(C2=NOC(C)(c3cc(Cl)cc(Cl)c3)C2)ccc1C(=O)CC1CCOC1. The number of benzene rings is 2. The molecule has 0 bridgehead atoms. The number of hydrogen-bond acceptors (Lipinski definition) is 4. The number of ether oxygens (including phenoxy) is 1. The van der Waals surface area contributed by atoms with E-state index >= 15 is 0 Å². The van der Waals surface area contributed by atoms with Crippen LogP contribution in [0.1, 0.15) is 53.2 Å². The molecule has 2 unspecified atom stereocenters. The molecule has 2 aliphatic heterocycles. The van der Waals surface area contributed by atoms with Crippen molar-refractivity contribution in [3.05, 3.63) is 68.7 Å². The van der Waals surface area contributed by atoms with Crippen molar-refractivity contribution < 1.29 is 14.4 Å². The van der Waals surface area contributed by atoms with E-state index < -0.39 is 5.60 Å². The Bertz CT molecular complexity index is 962. The average Bonchev–Trinajstić information content (AvgIpc) is 3.31. The quantitative estimate of drug-likeness (QED) is 0.549. The number of aryl methyl sites for hydroxylation is 1. The molecule has 0 aliphatic carbocycles. The van der Waals surface area contributed by atoms with E-state index in [-0.39, 0.29) is 5.78 Å². The summed E-state index contributed by atoms with van der Waals surface area (Å²) < 4.78 is 5.38. The van der Waals surface area contributed by atoms with Crippen molar-refractivity contribution >= 4 is 34.7 Å². The molecule has 4 nitrogen and oxygen atoms in total. The summed E-state index contributed by atoms with van der Waals surface area (Å²) >= 11 is 12.3. The first kappa shape index (κ1) is 20.4. The number of hydrogen-bond donors (Lipinski definition) is 0. The molecule has 29 heavy (non-hydrogen) atoms. The van der Waals surface area contributed by atoms with Crippen LogP contribution in [0.25, 0.3) is 0 Å². The molecule has 2 aromatic carbocycles. The zero-order valence-corrected chi connectivity index (χ0v) is 18.0. The van der Waals surface area contributed by atoms with Crippen LogP contribution in [0.5, 0.6) is 0 Å². The highest BCUT2D eigenvalue weighted by Gasteiger charge is 2.37. The van der Waals surface area contributed by atoms with Crippen molar-refractivity contribution in [2.75, 3.05) is 13.2 Å². The van der Waals surface area contributed by atoms with E-state index in [9.17, 15) is 4.79 Å². The number of ketones is 1. The minimum atomic E-state index is -0.630. The van der Waals surface area contributed by atoms with Gasteiger partial charge in [0.25, 0.3) is 0 Å². The predicted octanol–water partition coefficient (Wildman–Crippen LogP) is 5.95. The fourth-order valence-corrected chi connectivity index (χ4v) is 4.51. The Kier molecular flexibility index (Phi) is 5.69. The van der Waals surface area contributed by atoms with Crippen LogP contribution in [0.2, 0.25) is 10.0 Å². The van der Waals surface area contributed by atoms with E-state index in [0.29, 0.717) is 35.4 Å². The van der Waals surface area contributed by atoms with E-state index in [1.165, 1.54) is 0 Å². The molecule has 1 saturated heterocycles. The second kappa shape index (κ2) is 8.10. The molecule has 0 aromatic heterocycles. The normalized spacial score (nSPS) is 23.7. The molecule has 2 atom stereocenters. The molecule has 2 aliphatic rings. The van der Waals surface area contributed by atoms with Crippen molar-refractivity contribution in [1.29, 1.82) is 0 Å². The minimum absolute atomic E-state index is 0.174. The fraction of sp³-hybridized carbons (Fsp3) is 0.391. The van der Waals surface area contributed by atoms with E-state index in [1.54, 1.807) is 6.07 Å². The largest absolute Gasteiger partial charge is 0.384 e. The Hall–Kier alpha value is -1.88. The highest BCUT2D eigenvalue weighted by atomic mass is 35.5. The van der Waals surface area contributed by atoms with Crippen LogP contribution in [-0.4, -0.2) is 24.7 Å². The smallest absolute Gasteiger partial charge is 0.165 e. The topological polar surface area (TPSA) is 47.9 Å². The van der Waals surface area contributed by atoms with Gasteiger partial charge < -0.3 is 9.57 Å². The van der Waals surface area contributed by atoms with Gasteiger partial charge in [0.1, 0.15) is 0 Å². The number of carbonyl (C=O) groups excluding carboxylic acids is 1. The number of halogens is 2. The van der Waals surface area contributed by atoms with Crippen molar-refractivity contribution in [2.24, 2.45) is 11.1 Å². The summed E-state index contributed by atoms with van der Waals surface area (Å²) in [4.78, 5) is 18.5. The van der Waals surface area contributed by atoms with Gasteiger partial charge >= 0.3 is 0 Å². The third kappa shape index (κ3) is 4.35. The molecule has 4 rings (SSSR count). The summed E-state index contributed by atoms with van der Waals surface area (Å²) in [6, 6.07) is 11.3. The lowest BCUT2D eigenvalue weighted by atomic mass is 9.88. The van der Waals surface area contributed by atoms with Gasteiger partial charge in [-0.05, 0) is 61.6 Å². The molecular weight excluding hydrogens is 409 g/mol. The molecular formula is C23H23Cl2NO3. The summed E-state index contributed by atoms with van der Waals surface area (Å²) in [6.07, 6.45) is 2.09. The second-order valence-corrected chi connectivity index (χ2v) is 8.95. The average molecular weight is 432 g/mol. The van der Waals surface area contributed by atoms with Gasteiger partial charge in [0.05, 0.1) is 5.71 Å². The van der Waals surface area contributed by atoms with Gasteiger partial charge in [0.15, 0.2) is 11.4 Å². The maximum Gasteiger partial charge on any atom is 0.165 e. The van der Waals surface area contributed by atoms with Gasteiger partial charge in [-0.2, -0.15) is 0 Å². The van der Waals surface area contributed by atoms with E-state index in [0.717, 1.165) is 41.0 Å². The third-order valence-electron chi connectivity index (χ3n) is 5.69. The first-order valence-corrected chi connectivity index (χ1v) is 10.5. The Labute approximate surface area is 180 Å². The minimum Gasteiger partial charge on any atom is -0.384 e. The van der Waals surface area contributed by atoms with E-state index in [1.807, 2.05) is 44.2 Å². The zero-order chi connectivity index (χ0) is 20.6. The highest BCUT2D eigenvalue weighted by Crippen LogP contribution is 2.38. The lowest BCUT2D eigenvalue weighted by molar-refractivity contribution is -0.00737. The van der Waals surface area contributed by atoms with Gasteiger partial charge in [0, 0.05) is 47.2 Å². The predicted molar refractivity (Wildman–Crippen MR) is 115 cm³/mol. The number of carbonyl (C=O) groups is 1. The van der Waals surface area contributed by atoms with Crippen LogP contribution in [0.15, 0.2) is 41.6 Å². The zero-order valence-electron chi connectivity index (χ0n) is 16.5. The molecule has 2 aromatic rings. The standard InChI is InChI=1S/C23H23Cl2NO3/c1-14-7-16(3-4-20(14)22(27)8-15-5-6-28-13-15)21-12-23(2,29-26-21)17-9-18(24)11-19(25)10-17/h3-4,7,9-11,15H,5-6,8,12-13H2,1-2H3. The van der Waals surface area contributed by atoms with Gasteiger partial charge in [-0.1, -0.05) is 40.5 Å². The maximum atomic E-state index is 12.7. The van der Waals surface area contributed by atoms with Crippen LogP contribution in [-0.2, 0) is 15.2 Å². The number of rotatable bonds is 5. The van der Waals surface area contributed by atoms with Crippen molar-refractivity contribution in [3.63, 3.8) is 0 Å². The van der Waals surface area contributed by atoms with Gasteiger partial charge in [-0.3, -0.25) is 4.79 Å². The monoisotopic (exact) mass is 431 g/mol. The van der Waals surface area contributed by atoms with Crippen molar-refractivity contribution in [1.82, 2.24) is 0 Å². The van der Waals surface area contributed by atoms with Gasteiger partial charge in [-0.25, -0.2) is 0 Å². The van der Waals surface area contributed by atoms with Crippen LogP contribution in [0, 0.1) is 12.8 Å². The summed E-state index contributed by atoms with van der Waals surface area (Å²) in [5.41, 5.74) is 3.78. The molecule has 6 heteroatoms. The van der Waals surface area contributed by atoms with Crippen LogP contribution >= 0.6 is 23.2 Å². The number of Topliss-reactive ketones (excluding diaryl/α,β-unsaturated/α-hetero) is 1. The molecule has 2 heterocycles. The maximum absolute atomic E-state index is 12.7.